The lowest BCUT2D eigenvalue weighted by Crippen LogP contribution is -2.50. The smallest absolute Gasteiger partial charge is 0.252 e. The highest BCUT2D eigenvalue weighted by atomic mass is 16.2. The molecule has 1 aromatic rings. The zero-order valence-electron chi connectivity index (χ0n) is 14.9. The van der Waals surface area contributed by atoms with Gasteiger partial charge in [-0.3, -0.25) is 9.59 Å². The summed E-state index contributed by atoms with van der Waals surface area (Å²) in [4.78, 5) is 24.9. The first-order valence-corrected chi connectivity index (χ1v) is 8.84. The van der Waals surface area contributed by atoms with Crippen LogP contribution in [-0.2, 0) is 4.79 Å². The molecule has 1 aliphatic rings. The molecule has 2 atom stereocenters. The van der Waals surface area contributed by atoms with Crippen LogP contribution in [0.4, 0.5) is 0 Å². The first-order chi connectivity index (χ1) is 11.5. The van der Waals surface area contributed by atoms with E-state index in [0.29, 0.717) is 18.0 Å². The summed E-state index contributed by atoms with van der Waals surface area (Å²) in [5.74, 6) is 0.385. The van der Waals surface area contributed by atoms with Crippen LogP contribution in [0.15, 0.2) is 24.3 Å². The van der Waals surface area contributed by atoms with Gasteiger partial charge in [0.15, 0.2) is 0 Å². The molecule has 0 bridgehead atoms. The predicted molar refractivity (Wildman–Crippen MR) is 95.9 cm³/mol. The molecular weight excluding hydrogens is 302 g/mol. The molecule has 24 heavy (non-hydrogen) atoms. The Morgan fingerprint density at radius 3 is 2.67 bits per heavy atom. The van der Waals surface area contributed by atoms with Crippen molar-refractivity contribution in [2.75, 3.05) is 19.6 Å². The van der Waals surface area contributed by atoms with E-state index in [4.69, 9.17) is 0 Å². The van der Waals surface area contributed by atoms with Gasteiger partial charge in [0, 0.05) is 12.1 Å². The van der Waals surface area contributed by atoms with Gasteiger partial charge in [-0.25, -0.2) is 0 Å². The molecule has 2 rings (SSSR count). The molecule has 2 unspecified atom stereocenters. The van der Waals surface area contributed by atoms with Gasteiger partial charge in [0.2, 0.25) is 5.91 Å². The number of amides is 2. The molecule has 5 heteroatoms. The lowest BCUT2D eigenvalue weighted by Gasteiger charge is -2.22. The molecule has 1 saturated heterocycles. The van der Waals surface area contributed by atoms with Crippen LogP contribution >= 0.6 is 0 Å². The fraction of sp³-hybridized carbons (Fsp3) is 0.579. The Balaban J connectivity index is 1.89. The van der Waals surface area contributed by atoms with E-state index in [0.717, 1.165) is 25.1 Å². The minimum Gasteiger partial charge on any atom is -0.354 e. The second kappa shape index (κ2) is 8.83. The van der Waals surface area contributed by atoms with Crippen LogP contribution in [0.5, 0.6) is 0 Å². The molecule has 1 heterocycles. The molecule has 0 radical (unpaired) electrons. The number of nitrogens with one attached hydrogen (secondary N) is 3. The quantitative estimate of drug-likeness (QED) is 0.714. The highest BCUT2D eigenvalue weighted by Gasteiger charge is 2.25. The highest BCUT2D eigenvalue weighted by molar-refractivity contribution is 5.98. The monoisotopic (exact) mass is 331 g/mol. The average molecular weight is 331 g/mol. The SMILES string of the molecule is Cc1ccccc1C(=O)NC(C(=O)NCCC1CCNC1)C(C)C. The summed E-state index contributed by atoms with van der Waals surface area (Å²) in [6.45, 7) is 8.56. The van der Waals surface area contributed by atoms with Gasteiger partial charge in [-0.05, 0) is 56.3 Å². The Kier molecular flexibility index (Phi) is 6.79. The van der Waals surface area contributed by atoms with Gasteiger partial charge in [0.1, 0.15) is 6.04 Å². The summed E-state index contributed by atoms with van der Waals surface area (Å²) in [6.07, 6.45) is 2.16. The van der Waals surface area contributed by atoms with Crippen LogP contribution in [-0.4, -0.2) is 37.5 Å². The van der Waals surface area contributed by atoms with E-state index in [-0.39, 0.29) is 17.7 Å². The van der Waals surface area contributed by atoms with Crippen molar-refractivity contribution in [1.82, 2.24) is 16.0 Å². The fourth-order valence-corrected chi connectivity index (χ4v) is 3.05. The molecule has 3 N–H and O–H groups in total. The number of aryl methyl sites for hydroxylation is 1. The van der Waals surface area contributed by atoms with E-state index < -0.39 is 6.04 Å². The van der Waals surface area contributed by atoms with Gasteiger partial charge in [-0.1, -0.05) is 32.0 Å². The number of rotatable bonds is 7. The maximum atomic E-state index is 12.5. The van der Waals surface area contributed by atoms with Crippen LogP contribution in [0.1, 0.15) is 42.6 Å². The Bertz CT molecular complexity index is 565. The molecule has 0 saturated carbocycles. The number of benzene rings is 1. The minimum absolute atomic E-state index is 0.0334. The van der Waals surface area contributed by atoms with Gasteiger partial charge < -0.3 is 16.0 Å². The molecule has 132 valence electrons. The van der Waals surface area contributed by atoms with E-state index in [9.17, 15) is 9.59 Å². The maximum Gasteiger partial charge on any atom is 0.252 e. The minimum atomic E-state index is -0.515. The topological polar surface area (TPSA) is 70.2 Å². The highest BCUT2D eigenvalue weighted by Crippen LogP contribution is 2.12. The van der Waals surface area contributed by atoms with Crippen LogP contribution in [0.3, 0.4) is 0 Å². The van der Waals surface area contributed by atoms with Crippen LogP contribution < -0.4 is 16.0 Å². The zero-order chi connectivity index (χ0) is 17.5. The maximum absolute atomic E-state index is 12.5. The molecule has 0 spiro atoms. The normalized spacial score (nSPS) is 18.4. The van der Waals surface area contributed by atoms with Crippen LogP contribution in [0.25, 0.3) is 0 Å². The Labute approximate surface area is 144 Å². The largest absolute Gasteiger partial charge is 0.354 e. The van der Waals surface area contributed by atoms with Crippen molar-refractivity contribution < 1.29 is 9.59 Å². The Hall–Kier alpha value is -1.88. The zero-order valence-corrected chi connectivity index (χ0v) is 14.9. The van der Waals surface area contributed by atoms with Crippen molar-refractivity contribution in [3.63, 3.8) is 0 Å². The molecule has 0 aliphatic carbocycles. The van der Waals surface area contributed by atoms with Crippen LogP contribution in [0.2, 0.25) is 0 Å². The molecule has 1 fully saturated rings. The number of carbonyl (C=O) groups is 2. The molecule has 2 amide bonds. The van der Waals surface area contributed by atoms with E-state index in [1.165, 1.54) is 6.42 Å². The second-order valence-corrected chi connectivity index (χ2v) is 6.95. The van der Waals surface area contributed by atoms with Crippen molar-refractivity contribution >= 4 is 11.8 Å². The molecule has 1 aromatic carbocycles. The first kappa shape index (κ1) is 18.5. The Morgan fingerprint density at radius 2 is 2.04 bits per heavy atom. The number of hydrogen-bond donors (Lipinski definition) is 3. The molecule has 0 aromatic heterocycles. The summed E-state index contributed by atoms with van der Waals surface area (Å²) >= 11 is 0. The standard InChI is InChI=1S/C19H29N3O2/c1-13(2)17(19(24)21-11-9-15-8-10-20-12-15)22-18(23)16-7-5-4-6-14(16)3/h4-7,13,15,17,20H,8-12H2,1-3H3,(H,21,24)(H,22,23). The van der Waals surface area contributed by atoms with Gasteiger partial charge in [-0.15, -0.1) is 0 Å². The second-order valence-electron chi connectivity index (χ2n) is 6.95. The van der Waals surface area contributed by atoms with Crippen molar-refractivity contribution in [1.29, 1.82) is 0 Å². The summed E-state index contributed by atoms with van der Waals surface area (Å²) in [6, 6.07) is 6.90. The third-order valence-corrected chi connectivity index (χ3v) is 4.64. The van der Waals surface area contributed by atoms with Gasteiger partial charge >= 0.3 is 0 Å². The summed E-state index contributed by atoms with van der Waals surface area (Å²) in [7, 11) is 0. The van der Waals surface area contributed by atoms with E-state index in [2.05, 4.69) is 16.0 Å². The lowest BCUT2D eigenvalue weighted by atomic mass is 10.0. The van der Waals surface area contributed by atoms with Crippen molar-refractivity contribution in [2.24, 2.45) is 11.8 Å². The van der Waals surface area contributed by atoms with E-state index >= 15 is 0 Å². The van der Waals surface area contributed by atoms with Gasteiger partial charge in [-0.2, -0.15) is 0 Å². The van der Waals surface area contributed by atoms with Gasteiger partial charge in [0.05, 0.1) is 0 Å². The fourth-order valence-electron chi connectivity index (χ4n) is 3.05. The molecule has 1 aliphatic heterocycles. The Morgan fingerprint density at radius 1 is 1.29 bits per heavy atom. The van der Waals surface area contributed by atoms with E-state index in [1.54, 1.807) is 6.07 Å². The van der Waals surface area contributed by atoms with Crippen LogP contribution in [0, 0.1) is 18.8 Å². The summed E-state index contributed by atoms with van der Waals surface area (Å²) in [5.41, 5.74) is 1.53. The van der Waals surface area contributed by atoms with Crippen molar-refractivity contribution in [3.8, 4) is 0 Å². The first-order valence-electron chi connectivity index (χ1n) is 8.84. The van der Waals surface area contributed by atoms with Crippen molar-refractivity contribution in [2.45, 2.75) is 39.7 Å². The average Bonchev–Trinajstić information content (AvgIpc) is 3.05. The third kappa shape index (κ3) is 5.06. The number of hydrogen-bond acceptors (Lipinski definition) is 3. The molecule has 5 nitrogen and oxygen atoms in total. The third-order valence-electron chi connectivity index (χ3n) is 4.64. The van der Waals surface area contributed by atoms with E-state index in [1.807, 2.05) is 39.0 Å². The molecular formula is C19H29N3O2. The predicted octanol–water partition coefficient (Wildman–Crippen LogP) is 1.87. The summed E-state index contributed by atoms with van der Waals surface area (Å²) < 4.78 is 0. The van der Waals surface area contributed by atoms with Gasteiger partial charge in [0.25, 0.3) is 5.91 Å². The van der Waals surface area contributed by atoms with Crippen molar-refractivity contribution in [3.05, 3.63) is 35.4 Å². The summed E-state index contributed by atoms with van der Waals surface area (Å²) in [5, 5.41) is 9.20. The number of carbonyl (C=O) groups excluding carboxylic acids is 2. The lowest BCUT2D eigenvalue weighted by molar-refractivity contribution is -0.123.